The first-order chi connectivity index (χ1) is 14.8. The van der Waals surface area contributed by atoms with Crippen molar-refractivity contribution < 1.29 is 19.4 Å². The molecule has 0 saturated carbocycles. The van der Waals surface area contributed by atoms with Gasteiger partial charge in [0, 0.05) is 36.8 Å². The SMILES string of the molecule is CCN(CC)c1ccc(C=CC(=O)CC(=O)CCc2ccc(O)cc2)c(OC(C)C)c1. The van der Waals surface area contributed by atoms with Crippen molar-refractivity contribution >= 4 is 23.3 Å². The molecule has 0 aliphatic rings. The normalized spacial score (nSPS) is 11.1. The molecule has 0 heterocycles. The molecule has 1 N–H and O–H groups in total. The lowest BCUT2D eigenvalue weighted by atomic mass is 10.0. The van der Waals surface area contributed by atoms with Crippen molar-refractivity contribution in [3.8, 4) is 11.5 Å². The Balaban J connectivity index is 2.00. The number of Topliss-reactive ketones (excluding diaryl/α,β-unsaturated/α-hetero) is 1. The maximum absolute atomic E-state index is 12.3. The Morgan fingerprint density at radius 2 is 1.74 bits per heavy atom. The molecule has 0 aromatic heterocycles. The molecule has 0 atom stereocenters. The second-order valence-corrected chi connectivity index (χ2v) is 7.74. The highest BCUT2D eigenvalue weighted by Crippen LogP contribution is 2.28. The molecule has 0 aliphatic heterocycles. The summed E-state index contributed by atoms with van der Waals surface area (Å²) in [4.78, 5) is 26.7. The number of aryl methyl sites for hydroxylation is 1. The van der Waals surface area contributed by atoms with Gasteiger partial charge in [-0.05, 0) is 76.1 Å². The number of nitrogens with zero attached hydrogens (tertiary/aromatic N) is 1. The van der Waals surface area contributed by atoms with Gasteiger partial charge in [0.2, 0.25) is 0 Å². The van der Waals surface area contributed by atoms with E-state index < -0.39 is 0 Å². The molecular formula is C26H33NO4. The summed E-state index contributed by atoms with van der Waals surface area (Å²) >= 11 is 0. The lowest BCUT2D eigenvalue weighted by Crippen LogP contribution is -2.21. The van der Waals surface area contributed by atoms with Crippen LogP contribution in [-0.4, -0.2) is 35.9 Å². The number of phenolic OH excluding ortho intramolecular Hbond substituents is 1. The highest BCUT2D eigenvalue weighted by molar-refractivity contribution is 6.06. The standard InChI is InChI=1S/C26H33NO4/c1-5-27(6-2)22-12-10-21(26(17-22)31-19(3)4)11-16-25(30)18-24(29)15-9-20-7-13-23(28)14-8-20/h7-8,10-14,16-17,19,28H,5-6,9,15,18H2,1-4H3. The van der Waals surface area contributed by atoms with Crippen molar-refractivity contribution in [1.82, 2.24) is 0 Å². The number of carbonyl (C=O) groups excluding carboxylic acids is 2. The third-order valence-electron chi connectivity index (χ3n) is 4.94. The van der Waals surface area contributed by atoms with Crippen LogP contribution in [0, 0.1) is 0 Å². The van der Waals surface area contributed by atoms with Crippen molar-refractivity contribution in [3.05, 3.63) is 59.7 Å². The molecular weight excluding hydrogens is 390 g/mol. The molecule has 166 valence electrons. The van der Waals surface area contributed by atoms with Crippen LogP contribution in [0.2, 0.25) is 0 Å². The van der Waals surface area contributed by atoms with Gasteiger partial charge in [0.05, 0.1) is 12.5 Å². The third kappa shape index (κ3) is 7.93. The number of phenols is 1. The van der Waals surface area contributed by atoms with Crippen molar-refractivity contribution in [2.75, 3.05) is 18.0 Å². The van der Waals surface area contributed by atoms with Gasteiger partial charge < -0.3 is 14.7 Å². The van der Waals surface area contributed by atoms with Crippen LogP contribution >= 0.6 is 0 Å². The van der Waals surface area contributed by atoms with Gasteiger partial charge in [-0.1, -0.05) is 12.1 Å². The monoisotopic (exact) mass is 423 g/mol. The molecule has 0 unspecified atom stereocenters. The van der Waals surface area contributed by atoms with Crippen LogP contribution in [0.25, 0.3) is 6.08 Å². The molecule has 0 amide bonds. The van der Waals surface area contributed by atoms with Crippen molar-refractivity contribution in [1.29, 1.82) is 0 Å². The number of ketones is 2. The zero-order valence-corrected chi connectivity index (χ0v) is 18.9. The van der Waals surface area contributed by atoms with Crippen LogP contribution in [0.1, 0.15) is 51.7 Å². The van der Waals surface area contributed by atoms with Crippen LogP contribution in [0.3, 0.4) is 0 Å². The van der Waals surface area contributed by atoms with Crippen molar-refractivity contribution in [3.63, 3.8) is 0 Å². The average molecular weight is 424 g/mol. The van der Waals surface area contributed by atoms with E-state index in [0.717, 1.165) is 35.7 Å². The summed E-state index contributed by atoms with van der Waals surface area (Å²) in [7, 11) is 0. The fraction of sp³-hybridized carbons (Fsp3) is 0.385. The number of hydrogen-bond donors (Lipinski definition) is 1. The van der Waals surface area contributed by atoms with E-state index in [1.54, 1.807) is 30.3 Å². The Bertz CT molecular complexity index is 896. The zero-order chi connectivity index (χ0) is 22.8. The summed E-state index contributed by atoms with van der Waals surface area (Å²) in [5.74, 6) is 0.598. The van der Waals surface area contributed by atoms with Crippen LogP contribution in [0.4, 0.5) is 5.69 Å². The minimum Gasteiger partial charge on any atom is -0.508 e. The van der Waals surface area contributed by atoms with Gasteiger partial charge in [-0.25, -0.2) is 0 Å². The topological polar surface area (TPSA) is 66.8 Å². The molecule has 31 heavy (non-hydrogen) atoms. The summed E-state index contributed by atoms with van der Waals surface area (Å²) in [6.45, 7) is 9.95. The Hall–Kier alpha value is -3.08. The van der Waals surface area contributed by atoms with Gasteiger partial charge in [0.1, 0.15) is 17.3 Å². The summed E-state index contributed by atoms with van der Waals surface area (Å²) in [6.07, 6.45) is 3.92. The van der Waals surface area contributed by atoms with E-state index >= 15 is 0 Å². The summed E-state index contributed by atoms with van der Waals surface area (Å²) < 4.78 is 5.96. The number of hydrogen-bond acceptors (Lipinski definition) is 5. The molecule has 2 aromatic carbocycles. The van der Waals surface area contributed by atoms with Gasteiger partial charge in [0.25, 0.3) is 0 Å². The molecule has 0 bridgehead atoms. The highest BCUT2D eigenvalue weighted by atomic mass is 16.5. The third-order valence-corrected chi connectivity index (χ3v) is 4.94. The predicted molar refractivity (Wildman–Crippen MR) is 126 cm³/mol. The molecule has 0 spiro atoms. The zero-order valence-electron chi connectivity index (χ0n) is 18.9. The Morgan fingerprint density at radius 1 is 1.06 bits per heavy atom. The first-order valence-corrected chi connectivity index (χ1v) is 10.9. The van der Waals surface area contributed by atoms with Gasteiger partial charge in [-0.3, -0.25) is 9.59 Å². The lowest BCUT2D eigenvalue weighted by molar-refractivity contribution is -0.124. The van der Waals surface area contributed by atoms with Gasteiger partial charge in [0.15, 0.2) is 5.78 Å². The first-order valence-electron chi connectivity index (χ1n) is 10.9. The smallest absolute Gasteiger partial charge is 0.163 e. The van der Waals surface area contributed by atoms with E-state index in [0.29, 0.717) is 12.8 Å². The Morgan fingerprint density at radius 3 is 2.35 bits per heavy atom. The fourth-order valence-electron chi connectivity index (χ4n) is 3.27. The second-order valence-electron chi connectivity index (χ2n) is 7.74. The number of carbonyl (C=O) groups is 2. The summed E-state index contributed by atoms with van der Waals surface area (Å²) in [6, 6.07) is 12.7. The van der Waals surface area contributed by atoms with E-state index in [-0.39, 0.29) is 29.8 Å². The van der Waals surface area contributed by atoms with Crippen LogP contribution < -0.4 is 9.64 Å². The molecule has 2 aromatic rings. The van der Waals surface area contributed by atoms with E-state index in [9.17, 15) is 14.7 Å². The maximum atomic E-state index is 12.3. The van der Waals surface area contributed by atoms with Crippen LogP contribution in [0.5, 0.6) is 11.5 Å². The highest BCUT2D eigenvalue weighted by Gasteiger charge is 2.11. The number of anilines is 1. The van der Waals surface area contributed by atoms with E-state index in [1.807, 2.05) is 32.0 Å². The number of benzene rings is 2. The molecule has 0 radical (unpaired) electrons. The van der Waals surface area contributed by atoms with Crippen molar-refractivity contribution in [2.24, 2.45) is 0 Å². The molecule has 0 aliphatic carbocycles. The second kappa shape index (κ2) is 11.9. The molecule has 0 fully saturated rings. The summed E-state index contributed by atoms with van der Waals surface area (Å²) in [5, 5.41) is 9.31. The average Bonchev–Trinajstić information content (AvgIpc) is 2.73. The van der Waals surface area contributed by atoms with E-state index in [4.69, 9.17) is 4.74 Å². The number of ether oxygens (including phenoxy) is 1. The van der Waals surface area contributed by atoms with Crippen molar-refractivity contribution in [2.45, 2.75) is 53.1 Å². The summed E-state index contributed by atoms with van der Waals surface area (Å²) in [5.41, 5.74) is 2.85. The van der Waals surface area contributed by atoms with Gasteiger partial charge >= 0.3 is 0 Å². The Labute approximate surface area is 185 Å². The lowest BCUT2D eigenvalue weighted by Gasteiger charge is -2.23. The molecule has 0 saturated heterocycles. The van der Waals surface area contributed by atoms with Crippen LogP contribution in [0.15, 0.2) is 48.5 Å². The molecule has 2 rings (SSSR count). The minimum atomic E-state index is -0.223. The maximum Gasteiger partial charge on any atom is 0.163 e. The largest absolute Gasteiger partial charge is 0.508 e. The van der Waals surface area contributed by atoms with E-state index in [1.165, 1.54) is 6.08 Å². The van der Waals surface area contributed by atoms with E-state index in [2.05, 4.69) is 18.7 Å². The Kier molecular flexibility index (Phi) is 9.32. The quantitative estimate of drug-likeness (QED) is 0.375. The molecule has 5 heteroatoms. The predicted octanol–water partition coefficient (Wildman–Crippen LogP) is 5.20. The van der Waals surface area contributed by atoms with Gasteiger partial charge in [-0.2, -0.15) is 0 Å². The number of allylic oxidation sites excluding steroid dienone is 1. The minimum absolute atomic E-state index is 0.0104. The number of rotatable bonds is 12. The van der Waals surface area contributed by atoms with Gasteiger partial charge in [-0.15, -0.1) is 0 Å². The molecule has 5 nitrogen and oxygen atoms in total. The van der Waals surface area contributed by atoms with Crippen LogP contribution in [-0.2, 0) is 16.0 Å². The first kappa shape index (κ1) is 24.2. The number of aromatic hydroxyl groups is 1. The fourth-order valence-corrected chi connectivity index (χ4v) is 3.27.